The van der Waals surface area contributed by atoms with Crippen molar-refractivity contribution in [2.24, 2.45) is 5.10 Å². The minimum Gasteiger partial charge on any atom is -0.493 e. The van der Waals surface area contributed by atoms with Crippen LogP contribution in [0, 0.1) is 23.8 Å². The van der Waals surface area contributed by atoms with Gasteiger partial charge in [-0.05, 0) is 57.8 Å². The summed E-state index contributed by atoms with van der Waals surface area (Å²) in [4.78, 5) is 33.2. The first-order valence-electron chi connectivity index (χ1n) is 8.65. The number of hydrogen-bond donors (Lipinski definition) is 1. The summed E-state index contributed by atoms with van der Waals surface area (Å²) in [5.74, 6) is -0.0924. The van der Waals surface area contributed by atoms with Gasteiger partial charge in [0.25, 0.3) is 11.6 Å². The van der Waals surface area contributed by atoms with E-state index in [1.54, 1.807) is 29.6 Å². The van der Waals surface area contributed by atoms with E-state index in [0.29, 0.717) is 14.0 Å². The molecule has 1 heterocycles. The minimum atomic E-state index is -0.765. The topological polar surface area (TPSA) is 146 Å². The highest BCUT2D eigenvalue weighted by Crippen LogP contribution is 2.41. The Hall–Kier alpha value is -3.59. The van der Waals surface area contributed by atoms with Crippen LogP contribution in [0.4, 0.5) is 11.4 Å². The number of nitrogens with one attached hydrogen (secondary N) is 1. The van der Waals surface area contributed by atoms with Gasteiger partial charge < -0.3 is 9.47 Å². The highest BCUT2D eigenvalue weighted by atomic mass is 127. The first-order chi connectivity index (χ1) is 15.3. The van der Waals surface area contributed by atoms with Gasteiger partial charge in [0.05, 0.1) is 37.7 Å². The Morgan fingerprint density at radius 3 is 2.56 bits per heavy atom. The van der Waals surface area contributed by atoms with Crippen LogP contribution in [0.25, 0.3) is 0 Å². The van der Waals surface area contributed by atoms with Gasteiger partial charge in [0.15, 0.2) is 11.5 Å². The van der Waals surface area contributed by atoms with Gasteiger partial charge in [-0.1, -0.05) is 6.07 Å². The number of non-ortho nitro benzene ring substituents is 1. The zero-order chi connectivity index (χ0) is 23.3. The van der Waals surface area contributed by atoms with E-state index in [1.807, 2.05) is 22.6 Å². The molecule has 0 saturated carbocycles. The summed E-state index contributed by atoms with van der Waals surface area (Å²) < 4.78 is 11.6. The van der Waals surface area contributed by atoms with E-state index in [9.17, 15) is 25.0 Å². The molecule has 0 aliphatic carbocycles. The zero-order valence-corrected chi connectivity index (χ0v) is 19.2. The van der Waals surface area contributed by atoms with E-state index >= 15 is 0 Å². The summed E-state index contributed by atoms with van der Waals surface area (Å²) in [6.07, 6.45) is 1.41. The van der Waals surface area contributed by atoms with Gasteiger partial charge in [-0.3, -0.25) is 25.0 Å². The molecule has 1 amide bonds. The molecule has 0 radical (unpaired) electrons. The van der Waals surface area contributed by atoms with Crippen molar-refractivity contribution in [1.82, 2.24) is 5.43 Å². The van der Waals surface area contributed by atoms with Crippen molar-refractivity contribution < 1.29 is 24.1 Å². The first kappa shape index (κ1) is 23.1. The van der Waals surface area contributed by atoms with Crippen molar-refractivity contribution in [1.29, 1.82) is 0 Å². The van der Waals surface area contributed by atoms with Crippen LogP contribution >= 0.6 is 33.9 Å². The Balaban J connectivity index is 1.86. The van der Waals surface area contributed by atoms with Crippen LogP contribution < -0.4 is 14.9 Å². The number of rotatable bonds is 8. The Morgan fingerprint density at radius 2 is 1.94 bits per heavy atom. The third-order valence-corrected chi connectivity index (χ3v) is 5.61. The predicted octanol–water partition coefficient (Wildman–Crippen LogP) is 4.73. The smallest absolute Gasteiger partial charge is 0.318 e. The molecule has 32 heavy (non-hydrogen) atoms. The number of carbonyl (C=O) groups excluding carboxylic acids is 1. The lowest BCUT2D eigenvalue weighted by Crippen LogP contribution is -2.16. The fourth-order valence-electron chi connectivity index (χ4n) is 2.50. The third kappa shape index (κ3) is 5.36. The lowest BCUT2D eigenvalue weighted by atomic mass is 10.2. The summed E-state index contributed by atoms with van der Waals surface area (Å²) in [6.45, 7) is 0. The number of nitro benzene ring substituents is 2. The molecule has 0 bridgehead atoms. The predicted molar refractivity (Wildman–Crippen MR) is 125 cm³/mol. The molecule has 164 valence electrons. The van der Waals surface area contributed by atoms with Crippen molar-refractivity contribution in [3.05, 3.63) is 82.1 Å². The van der Waals surface area contributed by atoms with Crippen LogP contribution in [0.1, 0.15) is 15.2 Å². The molecule has 13 heteroatoms. The van der Waals surface area contributed by atoms with E-state index in [4.69, 9.17) is 9.47 Å². The van der Waals surface area contributed by atoms with Crippen molar-refractivity contribution in [3.8, 4) is 17.2 Å². The summed E-state index contributed by atoms with van der Waals surface area (Å²) in [5.41, 5.74) is 2.00. The molecular weight excluding hydrogens is 555 g/mol. The van der Waals surface area contributed by atoms with E-state index in [1.165, 1.54) is 24.7 Å². The van der Waals surface area contributed by atoms with Crippen molar-refractivity contribution in [2.75, 3.05) is 7.11 Å². The number of nitro groups is 2. The number of carbonyl (C=O) groups is 1. The van der Waals surface area contributed by atoms with E-state index in [-0.39, 0.29) is 23.2 Å². The van der Waals surface area contributed by atoms with Crippen LogP contribution in [-0.4, -0.2) is 29.1 Å². The second-order valence-corrected chi connectivity index (χ2v) is 8.09. The summed E-state index contributed by atoms with van der Waals surface area (Å²) in [5, 5.41) is 28.0. The fraction of sp³-hybridized carbons (Fsp3) is 0.0526. The van der Waals surface area contributed by atoms with Gasteiger partial charge in [0.2, 0.25) is 5.75 Å². The van der Waals surface area contributed by atoms with Gasteiger partial charge in [0.1, 0.15) is 0 Å². The zero-order valence-electron chi connectivity index (χ0n) is 16.2. The Labute approximate surface area is 198 Å². The van der Waals surface area contributed by atoms with Crippen LogP contribution in [-0.2, 0) is 0 Å². The van der Waals surface area contributed by atoms with Crippen LogP contribution in [0.2, 0.25) is 0 Å². The monoisotopic (exact) mass is 568 g/mol. The molecule has 1 aromatic heterocycles. The number of hydrazone groups is 1. The van der Waals surface area contributed by atoms with Crippen molar-refractivity contribution >= 4 is 57.4 Å². The summed E-state index contributed by atoms with van der Waals surface area (Å²) in [7, 11) is 1.39. The molecule has 2 aromatic carbocycles. The Kier molecular flexibility index (Phi) is 7.32. The SMILES string of the molecule is COc1cc(/C=N\NC(=O)c2cccs2)cc(I)c1Oc1ccc([N+](=O)[O-])cc1[N+](=O)[O-]. The lowest BCUT2D eigenvalue weighted by molar-refractivity contribution is -0.394. The second kappa shape index (κ2) is 10.1. The van der Waals surface area contributed by atoms with Crippen LogP contribution in [0.3, 0.4) is 0 Å². The maximum atomic E-state index is 11.9. The second-order valence-electron chi connectivity index (χ2n) is 5.98. The number of hydrogen-bond acceptors (Lipinski definition) is 9. The number of amides is 1. The molecule has 0 fully saturated rings. The standard InChI is InChI=1S/C19H13IN4O7S/c1-30-16-8-11(10-21-22-19(25)17-3-2-6-32-17)7-13(20)18(16)31-15-5-4-12(23(26)27)9-14(15)24(28)29/h2-10H,1H3,(H,22,25)/b21-10-. The molecular formula is C19H13IN4O7S. The molecule has 0 atom stereocenters. The molecule has 0 aliphatic heterocycles. The third-order valence-electron chi connectivity index (χ3n) is 3.94. The van der Waals surface area contributed by atoms with Gasteiger partial charge in [-0.25, -0.2) is 5.43 Å². The number of ether oxygens (including phenoxy) is 2. The van der Waals surface area contributed by atoms with Crippen molar-refractivity contribution in [3.63, 3.8) is 0 Å². The number of benzene rings is 2. The average molecular weight is 568 g/mol. The highest BCUT2D eigenvalue weighted by molar-refractivity contribution is 14.1. The average Bonchev–Trinajstić information content (AvgIpc) is 3.30. The van der Waals surface area contributed by atoms with Gasteiger partial charge in [-0.2, -0.15) is 5.10 Å². The Morgan fingerprint density at radius 1 is 1.16 bits per heavy atom. The number of halogens is 1. The molecule has 0 aliphatic rings. The van der Waals surface area contributed by atoms with E-state index < -0.39 is 21.2 Å². The van der Waals surface area contributed by atoms with E-state index in [0.717, 1.165) is 18.2 Å². The largest absolute Gasteiger partial charge is 0.493 e. The van der Waals surface area contributed by atoms with Gasteiger partial charge in [0, 0.05) is 6.07 Å². The number of nitrogens with zero attached hydrogens (tertiary/aromatic N) is 3. The summed E-state index contributed by atoms with van der Waals surface area (Å²) in [6, 6.07) is 9.74. The van der Waals surface area contributed by atoms with Crippen LogP contribution in [0.5, 0.6) is 17.2 Å². The quantitative estimate of drug-likeness (QED) is 0.179. The van der Waals surface area contributed by atoms with Gasteiger partial charge in [-0.15, -0.1) is 11.3 Å². The molecule has 11 nitrogen and oxygen atoms in total. The van der Waals surface area contributed by atoms with Crippen LogP contribution in [0.15, 0.2) is 52.9 Å². The van der Waals surface area contributed by atoms with E-state index in [2.05, 4.69) is 10.5 Å². The Bertz CT molecular complexity index is 1210. The molecule has 1 N–H and O–H groups in total. The maximum Gasteiger partial charge on any atom is 0.318 e. The minimum absolute atomic E-state index is 0.179. The maximum absolute atomic E-state index is 11.9. The fourth-order valence-corrected chi connectivity index (χ4v) is 3.85. The van der Waals surface area contributed by atoms with Gasteiger partial charge >= 0.3 is 5.69 Å². The number of thiophene rings is 1. The first-order valence-corrected chi connectivity index (χ1v) is 10.6. The van der Waals surface area contributed by atoms with Crippen molar-refractivity contribution in [2.45, 2.75) is 0 Å². The molecule has 0 spiro atoms. The molecule has 0 saturated heterocycles. The molecule has 0 unspecified atom stereocenters. The summed E-state index contributed by atoms with van der Waals surface area (Å²) >= 11 is 3.24. The highest BCUT2D eigenvalue weighted by Gasteiger charge is 2.23. The molecule has 3 rings (SSSR count). The molecule has 3 aromatic rings. The lowest BCUT2D eigenvalue weighted by Gasteiger charge is -2.13. The number of methoxy groups -OCH3 is 1. The normalized spacial score (nSPS) is 10.7.